The van der Waals surface area contributed by atoms with Crippen molar-refractivity contribution < 1.29 is 17.9 Å². The number of pyridine rings is 1. The van der Waals surface area contributed by atoms with Gasteiger partial charge in [-0.1, -0.05) is 6.07 Å². The van der Waals surface area contributed by atoms with Crippen molar-refractivity contribution >= 4 is 32.7 Å². The van der Waals surface area contributed by atoms with Gasteiger partial charge in [-0.2, -0.15) is 5.10 Å². The van der Waals surface area contributed by atoms with E-state index < -0.39 is 16.0 Å². The monoisotopic (exact) mass is 388 g/mol. The van der Waals surface area contributed by atoms with Gasteiger partial charge in [0.2, 0.25) is 0 Å². The van der Waals surface area contributed by atoms with Crippen LogP contribution in [0.4, 0.5) is 5.69 Å². The van der Waals surface area contributed by atoms with Crippen molar-refractivity contribution in [2.24, 2.45) is 0 Å². The topological polar surface area (TPSA) is 103 Å². The number of anilines is 1. The number of aromatic nitrogens is 3. The number of methoxy groups -OCH3 is 1. The zero-order valence-electron chi connectivity index (χ0n) is 15.4. The first kappa shape index (κ1) is 18.8. The summed E-state index contributed by atoms with van der Waals surface area (Å²) in [5.41, 5.74) is 1.66. The van der Waals surface area contributed by atoms with E-state index in [1.165, 1.54) is 25.4 Å². The van der Waals surface area contributed by atoms with Gasteiger partial charge in [0, 0.05) is 11.4 Å². The fourth-order valence-electron chi connectivity index (χ4n) is 2.72. The normalized spacial score (nSPS) is 11.7. The smallest absolute Gasteiger partial charge is 0.337 e. The maximum Gasteiger partial charge on any atom is 0.337 e. The van der Waals surface area contributed by atoms with Crippen LogP contribution in [0.3, 0.4) is 0 Å². The second kappa shape index (κ2) is 6.99. The highest BCUT2D eigenvalue weighted by molar-refractivity contribution is 7.92. The van der Waals surface area contributed by atoms with Crippen molar-refractivity contribution in [3.63, 3.8) is 0 Å². The number of carbonyl (C=O) groups is 1. The van der Waals surface area contributed by atoms with Crippen LogP contribution < -0.4 is 4.72 Å². The summed E-state index contributed by atoms with van der Waals surface area (Å²) in [6, 6.07) is 6.20. The third-order valence-electron chi connectivity index (χ3n) is 4.07. The number of sulfonamides is 1. The predicted molar refractivity (Wildman–Crippen MR) is 101 cm³/mol. The summed E-state index contributed by atoms with van der Waals surface area (Å²) in [6.07, 6.45) is 3.09. The molecule has 8 nitrogen and oxygen atoms in total. The molecule has 0 saturated heterocycles. The third kappa shape index (κ3) is 3.63. The van der Waals surface area contributed by atoms with Crippen LogP contribution in [-0.4, -0.2) is 36.3 Å². The van der Waals surface area contributed by atoms with Gasteiger partial charge in [-0.3, -0.25) is 4.72 Å². The molecule has 1 N–H and O–H groups in total. The number of carbonyl (C=O) groups excluding carboxylic acids is 1. The molecule has 27 heavy (non-hydrogen) atoms. The number of benzene rings is 1. The van der Waals surface area contributed by atoms with Crippen molar-refractivity contribution in [1.82, 2.24) is 14.8 Å². The molecular weight excluding hydrogens is 368 g/mol. The van der Waals surface area contributed by atoms with Gasteiger partial charge in [0.25, 0.3) is 10.0 Å². The fourth-order valence-corrected chi connectivity index (χ4v) is 4.02. The van der Waals surface area contributed by atoms with Crippen LogP contribution >= 0.6 is 0 Å². The lowest BCUT2D eigenvalue weighted by atomic mass is 10.1. The quantitative estimate of drug-likeness (QED) is 0.674. The lowest BCUT2D eigenvalue weighted by Gasteiger charge is -2.12. The highest BCUT2D eigenvalue weighted by atomic mass is 32.2. The zero-order valence-corrected chi connectivity index (χ0v) is 16.2. The molecule has 9 heteroatoms. The van der Waals surface area contributed by atoms with E-state index in [9.17, 15) is 13.2 Å². The molecular formula is C18H20N4O4S. The summed E-state index contributed by atoms with van der Waals surface area (Å²) >= 11 is 0. The highest BCUT2D eigenvalue weighted by Gasteiger charge is 2.20. The second-order valence-electron chi connectivity index (χ2n) is 6.40. The van der Waals surface area contributed by atoms with E-state index in [4.69, 9.17) is 0 Å². The van der Waals surface area contributed by atoms with Gasteiger partial charge in [-0.15, -0.1) is 0 Å². The molecule has 0 radical (unpaired) electrons. The summed E-state index contributed by atoms with van der Waals surface area (Å²) in [5, 5.41) is 5.00. The molecule has 1 aromatic carbocycles. The highest BCUT2D eigenvalue weighted by Crippen LogP contribution is 2.24. The lowest BCUT2D eigenvalue weighted by molar-refractivity contribution is 0.0600. The Hall–Kier alpha value is -2.94. The Kier molecular flexibility index (Phi) is 4.88. The van der Waals surface area contributed by atoms with Gasteiger partial charge in [-0.05, 0) is 44.5 Å². The number of aryl methyl sites for hydroxylation is 1. The first-order valence-electron chi connectivity index (χ1n) is 8.28. The van der Waals surface area contributed by atoms with Gasteiger partial charge in [0.1, 0.15) is 0 Å². The maximum absolute atomic E-state index is 12.8. The third-order valence-corrected chi connectivity index (χ3v) is 5.60. The SMILES string of the molecule is COC(=O)c1ccc(C)c(S(=O)(=O)Nc2cnc3c(cnn3C(C)C)c2)c1. The Morgan fingerprint density at radius 1 is 1.22 bits per heavy atom. The van der Waals surface area contributed by atoms with Crippen LogP contribution in [0.15, 0.2) is 41.6 Å². The fraction of sp³-hybridized carbons (Fsp3) is 0.278. The standard InChI is InChI=1S/C18H20N4O4S/c1-11(2)22-17-14(9-20-22)7-15(10-19-17)21-27(24,25)16-8-13(18(23)26-4)6-5-12(16)3/h5-11,21H,1-4H3. The molecule has 0 unspecified atom stereocenters. The average Bonchev–Trinajstić information content (AvgIpc) is 3.04. The van der Waals surface area contributed by atoms with E-state index in [1.54, 1.807) is 29.9 Å². The molecule has 2 heterocycles. The van der Waals surface area contributed by atoms with Crippen LogP contribution in [0.5, 0.6) is 0 Å². The maximum atomic E-state index is 12.8. The first-order chi connectivity index (χ1) is 12.7. The van der Waals surface area contributed by atoms with Crippen LogP contribution in [0, 0.1) is 6.92 Å². The van der Waals surface area contributed by atoms with Gasteiger partial charge in [0.05, 0.1) is 35.6 Å². The van der Waals surface area contributed by atoms with Crippen molar-refractivity contribution in [2.75, 3.05) is 11.8 Å². The molecule has 0 amide bonds. The molecule has 3 aromatic rings. The summed E-state index contributed by atoms with van der Waals surface area (Å²) in [5.74, 6) is -0.601. The van der Waals surface area contributed by atoms with E-state index in [2.05, 4.69) is 19.5 Å². The van der Waals surface area contributed by atoms with Crippen LogP contribution in [0.2, 0.25) is 0 Å². The Labute approximate surface area is 157 Å². The van der Waals surface area contributed by atoms with Crippen molar-refractivity contribution in [1.29, 1.82) is 0 Å². The van der Waals surface area contributed by atoms with Crippen molar-refractivity contribution in [2.45, 2.75) is 31.7 Å². The summed E-state index contributed by atoms with van der Waals surface area (Å²) in [4.78, 5) is 16.0. The number of hydrogen-bond acceptors (Lipinski definition) is 6. The molecule has 0 aliphatic carbocycles. The Morgan fingerprint density at radius 2 is 1.96 bits per heavy atom. The second-order valence-corrected chi connectivity index (χ2v) is 8.05. The molecule has 142 valence electrons. The molecule has 0 spiro atoms. The van der Waals surface area contributed by atoms with Crippen LogP contribution in [0.25, 0.3) is 11.0 Å². The average molecular weight is 388 g/mol. The minimum Gasteiger partial charge on any atom is -0.465 e. The van der Waals surface area contributed by atoms with Gasteiger partial charge < -0.3 is 4.74 Å². The number of hydrogen-bond donors (Lipinski definition) is 1. The summed E-state index contributed by atoms with van der Waals surface area (Å²) in [6.45, 7) is 5.63. The number of ether oxygens (including phenoxy) is 1. The molecule has 0 aliphatic heterocycles. The summed E-state index contributed by atoms with van der Waals surface area (Å²) in [7, 11) is -2.67. The Balaban J connectivity index is 1.97. The Bertz CT molecular complexity index is 1120. The van der Waals surface area contributed by atoms with Crippen LogP contribution in [0.1, 0.15) is 35.8 Å². The molecule has 0 saturated carbocycles. The Morgan fingerprint density at radius 3 is 2.63 bits per heavy atom. The largest absolute Gasteiger partial charge is 0.465 e. The zero-order chi connectivity index (χ0) is 19.8. The molecule has 0 bridgehead atoms. The number of fused-ring (bicyclic) bond motifs is 1. The number of rotatable bonds is 5. The van der Waals surface area contributed by atoms with E-state index in [-0.39, 0.29) is 16.5 Å². The molecule has 0 aliphatic rings. The van der Waals surface area contributed by atoms with Crippen molar-refractivity contribution in [3.8, 4) is 0 Å². The molecule has 0 atom stereocenters. The predicted octanol–water partition coefficient (Wildman–Crippen LogP) is 2.91. The lowest BCUT2D eigenvalue weighted by Crippen LogP contribution is -2.15. The molecule has 2 aromatic heterocycles. The molecule has 0 fully saturated rings. The van der Waals surface area contributed by atoms with E-state index in [0.29, 0.717) is 16.9 Å². The van der Waals surface area contributed by atoms with Crippen molar-refractivity contribution in [3.05, 3.63) is 47.8 Å². The molecule has 3 rings (SSSR count). The first-order valence-corrected chi connectivity index (χ1v) is 9.76. The van der Waals surface area contributed by atoms with Gasteiger partial charge in [0.15, 0.2) is 5.65 Å². The van der Waals surface area contributed by atoms with E-state index >= 15 is 0 Å². The van der Waals surface area contributed by atoms with Gasteiger partial charge in [-0.25, -0.2) is 22.9 Å². The van der Waals surface area contributed by atoms with Crippen LogP contribution in [-0.2, 0) is 14.8 Å². The minimum atomic E-state index is -3.91. The minimum absolute atomic E-state index is 0.00312. The number of nitrogens with one attached hydrogen (secondary N) is 1. The van der Waals surface area contributed by atoms with Gasteiger partial charge >= 0.3 is 5.97 Å². The number of nitrogens with zero attached hydrogens (tertiary/aromatic N) is 3. The summed E-state index contributed by atoms with van der Waals surface area (Å²) < 4.78 is 34.6. The number of esters is 1. The van der Waals surface area contributed by atoms with E-state index in [1.807, 2.05) is 13.8 Å². The van der Waals surface area contributed by atoms with E-state index in [0.717, 1.165) is 5.39 Å².